The molecule has 1 aromatic heterocycles. The molecule has 0 spiro atoms. The van der Waals surface area contributed by atoms with Gasteiger partial charge in [0, 0.05) is 67.4 Å². The summed E-state index contributed by atoms with van der Waals surface area (Å²) in [5, 5.41) is 13.0. The van der Waals surface area contributed by atoms with Gasteiger partial charge in [0.2, 0.25) is 0 Å². The first-order valence-electron chi connectivity index (χ1n) is 12.3. The predicted molar refractivity (Wildman–Crippen MR) is 133 cm³/mol. The predicted octanol–water partition coefficient (Wildman–Crippen LogP) is 2.88. The fraction of sp³-hybridized carbons (Fsp3) is 0.481. The van der Waals surface area contributed by atoms with Crippen molar-refractivity contribution in [2.45, 2.75) is 52.1 Å². The number of aromatic amines is 1. The Labute approximate surface area is 200 Å². The number of hydrogen-bond acceptors (Lipinski definition) is 5. The van der Waals surface area contributed by atoms with Gasteiger partial charge in [-0.25, -0.2) is 0 Å². The van der Waals surface area contributed by atoms with Crippen LogP contribution in [0.4, 0.5) is 5.69 Å². The highest BCUT2D eigenvalue weighted by Crippen LogP contribution is 2.30. The van der Waals surface area contributed by atoms with Gasteiger partial charge in [-0.2, -0.15) is 0 Å². The number of amides is 1. The van der Waals surface area contributed by atoms with Crippen molar-refractivity contribution in [3.63, 3.8) is 0 Å². The Bertz CT molecular complexity index is 1100. The van der Waals surface area contributed by atoms with E-state index in [4.69, 9.17) is 4.74 Å². The number of carbonyl (C=O) groups is 1. The second-order valence-corrected chi connectivity index (χ2v) is 9.18. The largest absolute Gasteiger partial charge is 0.396 e. The lowest BCUT2D eigenvalue weighted by molar-refractivity contribution is 0.0845. The summed E-state index contributed by atoms with van der Waals surface area (Å²) in [6.45, 7) is 6.47. The van der Waals surface area contributed by atoms with Crippen LogP contribution in [0.15, 0.2) is 41.2 Å². The smallest absolute Gasteiger partial charge is 0.253 e. The van der Waals surface area contributed by atoms with Gasteiger partial charge in [0.15, 0.2) is 0 Å². The van der Waals surface area contributed by atoms with Gasteiger partial charge in [0.25, 0.3) is 11.5 Å². The standard InChI is InChI=1S/C27H35N3O4/c1-3-30(21-10-12-34-13-11-21)25-9-5-8-23-22(25)7-4-6-19(17-31)15-20-14-18(2)29-27(33)24(20)16-28-26(23)32/h4-6,8-9,14,19,21,31H,3,7,10-13,15-17H2,1-2H3,(H,28,32)(H,29,33)/b6-4-. The molecule has 2 aliphatic rings. The molecule has 7 nitrogen and oxygen atoms in total. The van der Waals surface area contributed by atoms with Crippen molar-refractivity contribution in [2.75, 3.05) is 31.3 Å². The number of carbonyl (C=O) groups excluding carboxylic acids is 1. The van der Waals surface area contributed by atoms with E-state index in [0.29, 0.717) is 30.0 Å². The zero-order valence-corrected chi connectivity index (χ0v) is 20.1. The third kappa shape index (κ3) is 5.26. The molecule has 7 heteroatoms. The second kappa shape index (κ2) is 11.0. The zero-order valence-electron chi connectivity index (χ0n) is 20.1. The van der Waals surface area contributed by atoms with Crippen molar-refractivity contribution < 1.29 is 14.6 Å². The summed E-state index contributed by atoms with van der Waals surface area (Å²) < 4.78 is 5.57. The number of aliphatic hydroxyl groups excluding tert-OH is 1. The highest BCUT2D eigenvalue weighted by molar-refractivity contribution is 5.97. The average molecular weight is 466 g/mol. The molecule has 4 rings (SSSR count). The topological polar surface area (TPSA) is 94.7 Å². The van der Waals surface area contributed by atoms with E-state index in [1.54, 1.807) is 0 Å². The number of benzene rings is 1. The molecule has 1 atom stereocenters. The zero-order chi connectivity index (χ0) is 24.1. The van der Waals surface area contributed by atoms with E-state index in [-0.39, 0.29) is 30.5 Å². The summed E-state index contributed by atoms with van der Waals surface area (Å²) >= 11 is 0. The number of allylic oxidation sites excluding steroid dienone is 1. The molecule has 1 aromatic carbocycles. The van der Waals surface area contributed by atoms with Gasteiger partial charge < -0.3 is 25.0 Å². The van der Waals surface area contributed by atoms with Crippen LogP contribution < -0.4 is 15.8 Å². The van der Waals surface area contributed by atoms with Gasteiger partial charge in [-0.15, -0.1) is 0 Å². The number of H-pyrrole nitrogens is 1. The lowest BCUT2D eigenvalue weighted by Gasteiger charge is -2.37. The maximum atomic E-state index is 13.3. The van der Waals surface area contributed by atoms with Gasteiger partial charge in [-0.1, -0.05) is 18.2 Å². The number of aryl methyl sites for hydroxylation is 1. The Morgan fingerprint density at radius 2 is 1.97 bits per heavy atom. The van der Waals surface area contributed by atoms with E-state index < -0.39 is 0 Å². The molecular weight excluding hydrogens is 430 g/mol. The van der Waals surface area contributed by atoms with Crippen LogP contribution in [0.1, 0.15) is 52.5 Å². The molecule has 0 radical (unpaired) electrons. The molecule has 0 aliphatic carbocycles. The third-order valence-corrected chi connectivity index (χ3v) is 6.91. The number of rotatable bonds is 4. The summed E-state index contributed by atoms with van der Waals surface area (Å²) in [4.78, 5) is 31.3. The highest BCUT2D eigenvalue weighted by Gasteiger charge is 2.25. The van der Waals surface area contributed by atoms with E-state index in [1.165, 1.54) is 0 Å². The minimum atomic E-state index is -0.196. The minimum Gasteiger partial charge on any atom is -0.396 e. The molecule has 3 heterocycles. The molecule has 182 valence electrons. The van der Waals surface area contributed by atoms with Crippen LogP contribution in [0, 0.1) is 12.8 Å². The molecule has 3 N–H and O–H groups in total. The Morgan fingerprint density at radius 1 is 1.18 bits per heavy atom. The van der Waals surface area contributed by atoms with Gasteiger partial charge in [0.1, 0.15) is 0 Å². The number of ether oxygens (including phenoxy) is 1. The Morgan fingerprint density at radius 3 is 2.71 bits per heavy atom. The molecule has 34 heavy (non-hydrogen) atoms. The van der Waals surface area contributed by atoms with Crippen molar-refractivity contribution in [1.29, 1.82) is 0 Å². The van der Waals surface area contributed by atoms with Crippen LogP contribution in [0.2, 0.25) is 0 Å². The third-order valence-electron chi connectivity index (χ3n) is 6.91. The minimum absolute atomic E-state index is 0.00813. The van der Waals surface area contributed by atoms with Crippen LogP contribution >= 0.6 is 0 Å². The van der Waals surface area contributed by atoms with E-state index in [2.05, 4.69) is 34.3 Å². The number of aromatic nitrogens is 1. The lowest BCUT2D eigenvalue weighted by atomic mass is 9.93. The van der Waals surface area contributed by atoms with Crippen molar-refractivity contribution >= 4 is 11.6 Å². The number of aliphatic hydroxyl groups is 1. The molecule has 1 unspecified atom stereocenters. The van der Waals surface area contributed by atoms with Crippen LogP contribution in [0.5, 0.6) is 0 Å². The number of nitrogens with one attached hydrogen (secondary N) is 2. The Hall–Kier alpha value is -2.90. The summed E-state index contributed by atoms with van der Waals surface area (Å²) in [5.41, 5.74) is 4.64. The first kappa shape index (κ1) is 24.2. The van der Waals surface area contributed by atoms with E-state index in [0.717, 1.165) is 55.1 Å². The average Bonchev–Trinajstić information content (AvgIpc) is 2.83. The van der Waals surface area contributed by atoms with Crippen LogP contribution in [0.25, 0.3) is 0 Å². The van der Waals surface area contributed by atoms with Crippen LogP contribution in [-0.2, 0) is 24.1 Å². The number of hydrogen-bond donors (Lipinski definition) is 3. The monoisotopic (exact) mass is 465 g/mol. The fourth-order valence-corrected chi connectivity index (χ4v) is 5.17. The molecule has 1 fully saturated rings. The number of anilines is 1. The lowest BCUT2D eigenvalue weighted by Crippen LogP contribution is -2.40. The molecule has 2 aromatic rings. The molecule has 1 saturated heterocycles. The molecule has 1 amide bonds. The highest BCUT2D eigenvalue weighted by atomic mass is 16.5. The van der Waals surface area contributed by atoms with E-state index in [1.807, 2.05) is 31.2 Å². The van der Waals surface area contributed by atoms with Gasteiger partial charge in [-0.05, 0) is 68.9 Å². The van der Waals surface area contributed by atoms with Gasteiger partial charge >= 0.3 is 0 Å². The first-order chi connectivity index (χ1) is 16.5. The van der Waals surface area contributed by atoms with Crippen molar-refractivity contribution in [2.24, 2.45) is 5.92 Å². The molecule has 0 bridgehead atoms. The normalized spacial score (nSPS) is 20.3. The number of pyridine rings is 1. The quantitative estimate of drug-likeness (QED) is 0.604. The summed E-state index contributed by atoms with van der Waals surface area (Å²) in [6.07, 6.45) is 7.13. The van der Waals surface area contributed by atoms with Crippen molar-refractivity contribution in [3.8, 4) is 0 Å². The maximum Gasteiger partial charge on any atom is 0.253 e. The fourth-order valence-electron chi connectivity index (χ4n) is 5.17. The number of nitrogens with zero attached hydrogens (tertiary/aromatic N) is 1. The van der Waals surface area contributed by atoms with Crippen LogP contribution in [0.3, 0.4) is 0 Å². The van der Waals surface area contributed by atoms with E-state index >= 15 is 0 Å². The van der Waals surface area contributed by atoms with Crippen molar-refractivity contribution in [1.82, 2.24) is 10.3 Å². The first-order valence-corrected chi connectivity index (χ1v) is 12.3. The van der Waals surface area contributed by atoms with E-state index in [9.17, 15) is 14.7 Å². The Balaban J connectivity index is 1.75. The SMILES string of the molecule is CCN(c1cccc2c1C/C=C\C(CO)Cc1cc(C)[nH]c(=O)c1CNC2=O)C1CCOCC1. The summed E-state index contributed by atoms with van der Waals surface area (Å²) in [5.74, 6) is -0.290. The number of fused-ring (bicyclic) bond motifs is 2. The Kier molecular flexibility index (Phi) is 7.85. The van der Waals surface area contributed by atoms with Gasteiger partial charge in [0.05, 0.1) is 0 Å². The summed E-state index contributed by atoms with van der Waals surface area (Å²) in [6, 6.07) is 8.19. The molecule has 2 aliphatic heterocycles. The van der Waals surface area contributed by atoms with Gasteiger partial charge in [-0.3, -0.25) is 9.59 Å². The second-order valence-electron chi connectivity index (χ2n) is 9.18. The van der Waals surface area contributed by atoms with Crippen molar-refractivity contribution in [3.05, 3.63) is 74.7 Å². The maximum absolute atomic E-state index is 13.3. The molecule has 0 saturated carbocycles. The molecular formula is C27H35N3O4. The van der Waals surface area contributed by atoms with Crippen LogP contribution in [-0.4, -0.2) is 48.4 Å². The summed E-state index contributed by atoms with van der Waals surface area (Å²) in [7, 11) is 0.